The Morgan fingerprint density at radius 3 is 2.48 bits per heavy atom. The molecule has 0 unspecified atom stereocenters. The molecule has 1 aromatic carbocycles. The molecule has 1 aliphatic rings. The number of hydrogen-bond donors (Lipinski definition) is 4. The summed E-state index contributed by atoms with van der Waals surface area (Å²) in [6.45, 7) is 4.17. The van der Waals surface area contributed by atoms with Gasteiger partial charge in [0.2, 0.25) is 0 Å². The van der Waals surface area contributed by atoms with Crippen molar-refractivity contribution in [1.82, 2.24) is 15.1 Å². The van der Waals surface area contributed by atoms with Crippen molar-refractivity contribution in [3.05, 3.63) is 29.8 Å². The minimum absolute atomic E-state index is 0.161. The number of primary amides is 1. The summed E-state index contributed by atoms with van der Waals surface area (Å²) in [5.41, 5.74) is 13.1. The minimum atomic E-state index is -0.618. The average Bonchev–Trinajstić information content (AvgIpc) is 2.90. The van der Waals surface area contributed by atoms with E-state index in [4.69, 9.17) is 11.5 Å². The monoisotopic (exact) mass is 315 g/mol. The first-order valence-electron chi connectivity index (χ1n) is 7.49. The first kappa shape index (κ1) is 15.2. The third-order valence-corrected chi connectivity index (χ3v) is 4.04. The molecule has 122 valence electrons. The van der Waals surface area contributed by atoms with Crippen LogP contribution in [0.3, 0.4) is 0 Å². The number of nitrogens with two attached hydrogens (primary N) is 2. The summed E-state index contributed by atoms with van der Waals surface area (Å²) < 4.78 is 0. The van der Waals surface area contributed by atoms with Gasteiger partial charge in [-0.1, -0.05) is 0 Å². The average molecular weight is 315 g/mol. The second-order valence-corrected chi connectivity index (χ2v) is 5.69. The maximum atomic E-state index is 11.4. The van der Waals surface area contributed by atoms with Crippen LogP contribution in [-0.2, 0) is 0 Å². The summed E-state index contributed by atoms with van der Waals surface area (Å²) in [6, 6.07) is 7.99. The molecule has 0 aliphatic carbocycles. The van der Waals surface area contributed by atoms with Crippen LogP contribution < -0.4 is 21.7 Å². The lowest BCUT2D eigenvalue weighted by Crippen LogP contribution is -2.44. The summed E-state index contributed by atoms with van der Waals surface area (Å²) in [5.74, 6) is -0.121. The molecule has 2 heterocycles. The van der Waals surface area contributed by atoms with E-state index in [9.17, 15) is 4.79 Å². The van der Waals surface area contributed by atoms with Gasteiger partial charge in [-0.15, -0.1) is 0 Å². The van der Waals surface area contributed by atoms with E-state index in [0.717, 1.165) is 31.9 Å². The molecular formula is C15H21N7O. The molecule has 0 atom stereocenters. The van der Waals surface area contributed by atoms with Gasteiger partial charge in [0.1, 0.15) is 11.4 Å². The summed E-state index contributed by atoms with van der Waals surface area (Å²) >= 11 is 0. The number of piperazine rings is 1. The number of benzene rings is 1. The zero-order valence-corrected chi connectivity index (χ0v) is 13.0. The van der Waals surface area contributed by atoms with E-state index < -0.39 is 5.91 Å². The van der Waals surface area contributed by atoms with Crippen LogP contribution in [0.25, 0.3) is 0 Å². The molecule has 0 radical (unpaired) electrons. The number of carbonyl (C=O) groups excluding carboxylic acids is 1. The lowest BCUT2D eigenvalue weighted by Gasteiger charge is -2.34. The highest BCUT2D eigenvalue weighted by Crippen LogP contribution is 2.24. The number of aromatic amines is 1. The number of likely N-dealkylation sites (N-methyl/N-ethyl adjacent to an activating group) is 1. The van der Waals surface area contributed by atoms with Crippen LogP contribution in [0.1, 0.15) is 10.4 Å². The number of nitrogen functional groups attached to an aromatic ring is 1. The largest absolute Gasteiger partial charge is 0.383 e. The lowest BCUT2D eigenvalue weighted by molar-refractivity contribution is 0.100. The smallest absolute Gasteiger partial charge is 0.256 e. The van der Waals surface area contributed by atoms with Crippen molar-refractivity contribution in [3.8, 4) is 0 Å². The number of carbonyl (C=O) groups is 1. The van der Waals surface area contributed by atoms with E-state index in [2.05, 4.69) is 32.4 Å². The topological polar surface area (TPSA) is 116 Å². The molecule has 1 amide bonds. The molecule has 1 saturated heterocycles. The number of H-pyrrole nitrogens is 1. The highest BCUT2D eigenvalue weighted by atomic mass is 16.1. The molecule has 8 nitrogen and oxygen atoms in total. The van der Waals surface area contributed by atoms with Gasteiger partial charge in [-0.2, -0.15) is 5.10 Å². The second kappa shape index (κ2) is 6.17. The third-order valence-electron chi connectivity index (χ3n) is 4.04. The van der Waals surface area contributed by atoms with Crippen molar-refractivity contribution in [3.63, 3.8) is 0 Å². The van der Waals surface area contributed by atoms with E-state index in [1.807, 2.05) is 24.3 Å². The van der Waals surface area contributed by atoms with Gasteiger partial charge in [0, 0.05) is 37.6 Å². The zero-order valence-electron chi connectivity index (χ0n) is 13.0. The molecule has 0 saturated carbocycles. The predicted octanol–water partition coefficient (Wildman–Crippen LogP) is 0.586. The highest BCUT2D eigenvalue weighted by molar-refractivity contribution is 6.02. The highest BCUT2D eigenvalue weighted by Gasteiger charge is 2.17. The summed E-state index contributed by atoms with van der Waals surface area (Å²) in [5, 5.41) is 9.59. The molecule has 2 aromatic rings. The van der Waals surface area contributed by atoms with Crippen LogP contribution in [0.4, 0.5) is 23.0 Å². The van der Waals surface area contributed by atoms with Crippen molar-refractivity contribution in [2.24, 2.45) is 5.73 Å². The number of nitrogens with zero attached hydrogens (tertiary/aromatic N) is 3. The predicted molar refractivity (Wildman–Crippen MR) is 91.0 cm³/mol. The van der Waals surface area contributed by atoms with Gasteiger partial charge in [-0.05, 0) is 31.3 Å². The van der Waals surface area contributed by atoms with Crippen LogP contribution in [0.15, 0.2) is 24.3 Å². The van der Waals surface area contributed by atoms with Crippen molar-refractivity contribution < 1.29 is 4.79 Å². The van der Waals surface area contributed by atoms with Crippen molar-refractivity contribution >= 4 is 28.9 Å². The third kappa shape index (κ3) is 3.21. The Labute approximate surface area is 134 Å². The lowest BCUT2D eigenvalue weighted by atomic mass is 10.2. The van der Waals surface area contributed by atoms with Gasteiger partial charge in [-0.25, -0.2) is 0 Å². The SMILES string of the molecule is CN1CCN(c2ccc(Nc3n[nH]c(N)c3C(N)=O)cc2)CC1. The maximum absolute atomic E-state index is 11.4. The van der Waals surface area contributed by atoms with Crippen molar-refractivity contribution in [2.75, 3.05) is 49.2 Å². The Bertz CT molecular complexity index is 686. The fourth-order valence-corrected chi connectivity index (χ4v) is 2.65. The molecule has 23 heavy (non-hydrogen) atoms. The standard InChI is InChI=1S/C15H21N7O/c1-21-6-8-22(9-7-21)11-4-2-10(3-5-11)18-15-12(14(17)23)13(16)19-20-15/h2-5H,6-9H2,1H3,(H2,17,23)(H4,16,18,19,20). The van der Waals surface area contributed by atoms with E-state index in [-0.39, 0.29) is 11.4 Å². The Morgan fingerprint density at radius 2 is 1.87 bits per heavy atom. The second-order valence-electron chi connectivity index (χ2n) is 5.69. The molecule has 3 rings (SSSR count). The van der Waals surface area contributed by atoms with Crippen molar-refractivity contribution in [2.45, 2.75) is 0 Å². The van der Waals surface area contributed by atoms with Gasteiger partial charge in [0.05, 0.1) is 0 Å². The Morgan fingerprint density at radius 1 is 1.22 bits per heavy atom. The molecule has 8 heteroatoms. The van der Waals surface area contributed by atoms with E-state index in [1.165, 1.54) is 5.69 Å². The molecule has 1 fully saturated rings. The van der Waals surface area contributed by atoms with Gasteiger partial charge in [0.25, 0.3) is 5.91 Å². The van der Waals surface area contributed by atoms with Crippen LogP contribution in [0, 0.1) is 0 Å². The zero-order chi connectivity index (χ0) is 16.4. The molecular weight excluding hydrogens is 294 g/mol. The van der Waals surface area contributed by atoms with E-state index in [0.29, 0.717) is 5.82 Å². The quantitative estimate of drug-likeness (QED) is 0.656. The molecule has 0 spiro atoms. The summed E-state index contributed by atoms with van der Waals surface area (Å²) in [7, 11) is 2.14. The normalized spacial score (nSPS) is 15.6. The molecule has 0 bridgehead atoms. The molecule has 1 aliphatic heterocycles. The van der Waals surface area contributed by atoms with E-state index in [1.54, 1.807) is 0 Å². The number of hydrogen-bond acceptors (Lipinski definition) is 6. The summed E-state index contributed by atoms with van der Waals surface area (Å²) in [6.07, 6.45) is 0. The number of rotatable bonds is 4. The number of aromatic nitrogens is 2. The Kier molecular flexibility index (Phi) is 4.07. The van der Waals surface area contributed by atoms with Crippen LogP contribution in [0.2, 0.25) is 0 Å². The summed E-state index contributed by atoms with van der Waals surface area (Å²) in [4.78, 5) is 16.1. The molecule has 6 N–H and O–H groups in total. The number of nitrogens with one attached hydrogen (secondary N) is 2. The first-order valence-corrected chi connectivity index (χ1v) is 7.49. The number of amides is 1. The Balaban J connectivity index is 1.72. The first-order chi connectivity index (χ1) is 11.0. The Hall–Kier alpha value is -2.74. The van der Waals surface area contributed by atoms with Gasteiger partial charge in [0.15, 0.2) is 5.82 Å². The van der Waals surface area contributed by atoms with Crippen molar-refractivity contribution in [1.29, 1.82) is 0 Å². The fraction of sp³-hybridized carbons (Fsp3) is 0.333. The van der Waals surface area contributed by atoms with Gasteiger partial charge < -0.3 is 26.6 Å². The maximum Gasteiger partial charge on any atom is 0.256 e. The van der Waals surface area contributed by atoms with Crippen LogP contribution in [0.5, 0.6) is 0 Å². The van der Waals surface area contributed by atoms with Gasteiger partial charge in [-0.3, -0.25) is 9.89 Å². The van der Waals surface area contributed by atoms with Gasteiger partial charge >= 0.3 is 0 Å². The minimum Gasteiger partial charge on any atom is -0.383 e. The fourth-order valence-electron chi connectivity index (χ4n) is 2.65. The van der Waals surface area contributed by atoms with Crippen LogP contribution >= 0.6 is 0 Å². The number of anilines is 4. The van der Waals surface area contributed by atoms with Crippen LogP contribution in [-0.4, -0.2) is 54.2 Å². The molecule has 1 aromatic heterocycles. The van der Waals surface area contributed by atoms with E-state index >= 15 is 0 Å².